The molecule has 0 unspecified atom stereocenters. The number of nitrogens with zero attached hydrogens (tertiary/aromatic N) is 1. The second-order valence-electron chi connectivity index (χ2n) is 5.70. The van der Waals surface area contributed by atoms with E-state index in [4.69, 9.17) is 5.73 Å². The Morgan fingerprint density at radius 3 is 2.64 bits per heavy atom. The van der Waals surface area contributed by atoms with E-state index in [0.717, 1.165) is 23.1 Å². The Hall–Kier alpha value is -2.20. The van der Waals surface area contributed by atoms with Crippen molar-refractivity contribution in [2.24, 2.45) is 11.7 Å². The average Bonchev–Trinajstić information content (AvgIpc) is 2.54. The highest BCUT2D eigenvalue weighted by atomic mass is 16.1. The number of rotatable bonds is 6. The first kappa shape index (κ1) is 16.2. The van der Waals surface area contributed by atoms with Crippen molar-refractivity contribution in [3.63, 3.8) is 0 Å². The standard InChI is InChI=1S/C18H23N3O/c1-13(2)9-11-21-18(22)17-16(8-5-10-20-17)15-7-4-3-6-14(15)12-19/h3-8,10,13H,9,11-12,19H2,1-2H3,(H,21,22). The topological polar surface area (TPSA) is 68.0 Å². The van der Waals surface area contributed by atoms with E-state index >= 15 is 0 Å². The summed E-state index contributed by atoms with van der Waals surface area (Å²) in [6.07, 6.45) is 2.60. The minimum absolute atomic E-state index is 0.136. The van der Waals surface area contributed by atoms with Crippen molar-refractivity contribution in [2.75, 3.05) is 6.54 Å². The van der Waals surface area contributed by atoms with Crippen molar-refractivity contribution in [3.8, 4) is 11.1 Å². The second kappa shape index (κ2) is 7.71. The van der Waals surface area contributed by atoms with Gasteiger partial charge in [-0.3, -0.25) is 9.78 Å². The number of hydrogen-bond acceptors (Lipinski definition) is 3. The van der Waals surface area contributed by atoms with Crippen molar-refractivity contribution in [2.45, 2.75) is 26.8 Å². The fourth-order valence-electron chi connectivity index (χ4n) is 2.32. The van der Waals surface area contributed by atoms with E-state index in [1.54, 1.807) is 6.20 Å². The lowest BCUT2D eigenvalue weighted by atomic mass is 9.98. The molecule has 0 spiro atoms. The first-order valence-electron chi connectivity index (χ1n) is 7.65. The summed E-state index contributed by atoms with van der Waals surface area (Å²) in [4.78, 5) is 16.7. The van der Waals surface area contributed by atoms with Crippen LogP contribution in [0.1, 0.15) is 36.3 Å². The summed E-state index contributed by atoms with van der Waals surface area (Å²) in [5.41, 5.74) is 9.05. The smallest absolute Gasteiger partial charge is 0.270 e. The normalized spacial score (nSPS) is 10.7. The van der Waals surface area contributed by atoms with Gasteiger partial charge >= 0.3 is 0 Å². The van der Waals surface area contributed by atoms with Gasteiger partial charge in [0.2, 0.25) is 0 Å². The molecule has 1 amide bonds. The Kier molecular flexibility index (Phi) is 5.67. The third kappa shape index (κ3) is 3.92. The molecule has 0 fully saturated rings. The molecule has 0 bridgehead atoms. The van der Waals surface area contributed by atoms with E-state index in [2.05, 4.69) is 24.1 Å². The Bertz CT molecular complexity index is 638. The number of pyridine rings is 1. The van der Waals surface area contributed by atoms with Gasteiger partial charge in [0.1, 0.15) is 5.69 Å². The number of benzene rings is 1. The van der Waals surface area contributed by atoms with Crippen LogP contribution >= 0.6 is 0 Å². The Morgan fingerprint density at radius 2 is 1.91 bits per heavy atom. The molecule has 0 atom stereocenters. The van der Waals surface area contributed by atoms with Gasteiger partial charge in [-0.2, -0.15) is 0 Å². The monoisotopic (exact) mass is 297 g/mol. The SMILES string of the molecule is CC(C)CCNC(=O)c1ncccc1-c1ccccc1CN. The molecule has 1 aromatic heterocycles. The van der Waals surface area contributed by atoms with Crippen LogP contribution in [0.4, 0.5) is 0 Å². The van der Waals surface area contributed by atoms with E-state index in [1.165, 1.54) is 0 Å². The van der Waals surface area contributed by atoms with Crippen LogP contribution in [0.15, 0.2) is 42.6 Å². The van der Waals surface area contributed by atoms with Crippen LogP contribution in [-0.2, 0) is 6.54 Å². The zero-order chi connectivity index (χ0) is 15.9. The zero-order valence-corrected chi connectivity index (χ0v) is 13.2. The first-order valence-corrected chi connectivity index (χ1v) is 7.65. The summed E-state index contributed by atoms with van der Waals surface area (Å²) < 4.78 is 0. The molecule has 0 saturated heterocycles. The highest BCUT2D eigenvalue weighted by Gasteiger charge is 2.15. The third-order valence-corrected chi connectivity index (χ3v) is 3.56. The fourth-order valence-corrected chi connectivity index (χ4v) is 2.32. The van der Waals surface area contributed by atoms with Gasteiger partial charge in [0, 0.05) is 24.8 Å². The van der Waals surface area contributed by atoms with Gasteiger partial charge < -0.3 is 11.1 Å². The molecule has 0 aliphatic carbocycles. The number of carbonyl (C=O) groups is 1. The zero-order valence-electron chi connectivity index (χ0n) is 13.2. The van der Waals surface area contributed by atoms with Crippen molar-refractivity contribution in [3.05, 3.63) is 53.9 Å². The minimum Gasteiger partial charge on any atom is -0.351 e. The molecular formula is C18H23N3O. The number of carbonyl (C=O) groups excluding carboxylic acids is 1. The highest BCUT2D eigenvalue weighted by molar-refractivity contribution is 5.99. The van der Waals surface area contributed by atoms with E-state index in [9.17, 15) is 4.79 Å². The summed E-state index contributed by atoms with van der Waals surface area (Å²) in [5.74, 6) is 0.421. The summed E-state index contributed by atoms with van der Waals surface area (Å²) in [5, 5.41) is 2.95. The minimum atomic E-state index is -0.136. The molecule has 0 aliphatic rings. The van der Waals surface area contributed by atoms with Crippen molar-refractivity contribution in [1.29, 1.82) is 0 Å². The summed E-state index contributed by atoms with van der Waals surface area (Å²) in [6, 6.07) is 11.6. The Labute approximate surface area is 131 Å². The average molecular weight is 297 g/mol. The van der Waals surface area contributed by atoms with Crippen molar-refractivity contribution in [1.82, 2.24) is 10.3 Å². The summed E-state index contributed by atoms with van der Waals surface area (Å²) in [6.45, 7) is 5.36. The van der Waals surface area contributed by atoms with Gasteiger partial charge in [0.25, 0.3) is 5.91 Å². The van der Waals surface area contributed by atoms with Crippen molar-refractivity contribution < 1.29 is 4.79 Å². The lowest BCUT2D eigenvalue weighted by Gasteiger charge is -2.12. The van der Waals surface area contributed by atoms with E-state index in [0.29, 0.717) is 24.7 Å². The van der Waals surface area contributed by atoms with Gasteiger partial charge in [0.05, 0.1) is 0 Å². The molecule has 116 valence electrons. The van der Waals surface area contributed by atoms with Crippen LogP contribution < -0.4 is 11.1 Å². The molecule has 22 heavy (non-hydrogen) atoms. The van der Waals surface area contributed by atoms with Gasteiger partial charge in [-0.15, -0.1) is 0 Å². The fraction of sp³-hybridized carbons (Fsp3) is 0.333. The molecule has 3 N–H and O–H groups in total. The number of nitrogens with two attached hydrogens (primary N) is 1. The molecule has 0 aliphatic heterocycles. The largest absolute Gasteiger partial charge is 0.351 e. The maximum Gasteiger partial charge on any atom is 0.270 e. The number of hydrogen-bond donors (Lipinski definition) is 2. The molecule has 4 nitrogen and oxygen atoms in total. The maximum atomic E-state index is 12.4. The molecular weight excluding hydrogens is 274 g/mol. The molecule has 0 radical (unpaired) electrons. The Balaban J connectivity index is 2.29. The van der Waals surface area contributed by atoms with Crippen LogP contribution in [0, 0.1) is 5.92 Å². The van der Waals surface area contributed by atoms with E-state index in [1.807, 2.05) is 36.4 Å². The van der Waals surface area contributed by atoms with Crippen LogP contribution in [0.2, 0.25) is 0 Å². The van der Waals surface area contributed by atoms with Gasteiger partial charge in [-0.05, 0) is 29.5 Å². The number of nitrogens with one attached hydrogen (secondary N) is 1. The van der Waals surface area contributed by atoms with Gasteiger partial charge in [-0.25, -0.2) is 0 Å². The van der Waals surface area contributed by atoms with Gasteiger partial charge in [0.15, 0.2) is 0 Å². The molecule has 2 aromatic rings. The van der Waals surface area contributed by atoms with Gasteiger partial charge in [-0.1, -0.05) is 44.2 Å². The number of amides is 1. The van der Waals surface area contributed by atoms with Crippen LogP contribution in [0.3, 0.4) is 0 Å². The predicted octanol–water partition coefficient (Wildman–Crippen LogP) is 2.98. The molecule has 0 saturated carbocycles. The molecule has 1 aromatic carbocycles. The van der Waals surface area contributed by atoms with E-state index < -0.39 is 0 Å². The molecule has 1 heterocycles. The summed E-state index contributed by atoms with van der Waals surface area (Å²) >= 11 is 0. The van der Waals surface area contributed by atoms with Crippen LogP contribution in [0.5, 0.6) is 0 Å². The Morgan fingerprint density at radius 1 is 1.18 bits per heavy atom. The van der Waals surface area contributed by atoms with Crippen LogP contribution in [-0.4, -0.2) is 17.4 Å². The lowest BCUT2D eigenvalue weighted by Crippen LogP contribution is -2.26. The van der Waals surface area contributed by atoms with Crippen molar-refractivity contribution >= 4 is 5.91 Å². The molecule has 2 rings (SSSR count). The lowest BCUT2D eigenvalue weighted by molar-refractivity contribution is 0.0948. The highest BCUT2D eigenvalue weighted by Crippen LogP contribution is 2.25. The predicted molar refractivity (Wildman–Crippen MR) is 89.4 cm³/mol. The third-order valence-electron chi connectivity index (χ3n) is 3.56. The maximum absolute atomic E-state index is 12.4. The first-order chi connectivity index (χ1) is 10.6. The quantitative estimate of drug-likeness (QED) is 0.861. The van der Waals surface area contributed by atoms with E-state index in [-0.39, 0.29) is 5.91 Å². The number of aromatic nitrogens is 1. The molecule has 4 heteroatoms. The van der Waals surface area contributed by atoms with Crippen LogP contribution in [0.25, 0.3) is 11.1 Å². The second-order valence-corrected chi connectivity index (χ2v) is 5.70. The summed E-state index contributed by atoms with van der Waals surface area (Å²) in [7, 11) is 0.